The number of rotatable bonds is 6. The van der Waals surface area contributed by atoms with Gasteiger partial charge in [0.2, 0.25) is 0 Å². The Morgan fingerprint density at radius 3 is 2.33 bits per heavy atom. The lowest BCUT2D eigenvalue weighted by atomic mass is 10.0. The topological polar surface area (TPSA) is 50.4 Å². The molecule has 1 aromatic carbocycles. The Bertz CT molecular complexity index is 369. The first-order chi connectivity index (χ1) is 8.72. The molecule has 0 heterocycles. The van der Waals surface area contributed by atoms with E-state index in [0.29, 0.717) is 13.2 Å². The van der Waals surface area contributed by atoms with Crippen LogP contribution >= 0.6 is 0 Å². The minimum absolute atomic E-state index is 0.178. The molecule has 0 spiro atoms. The summed E-state index contributed by atoms with van der Waals surface area (Å²) in [5, 5.41) is 5.69. The molecule has 0 aliphatic carbocycles. The van der Waals surface area contributed by atoms with Gasteiger partial charge in [0, 0.05) is 19.3 Å². The van der Waals surface area contributed by atoms with Crippen molar-refractivity contribution in [3.05, 3.63) is 29.3 Å². The van der Waals surface area contributed by atoms with E-state index in [1.807, 2.05) is 18.2 Å². The van der Waals surface area contributed by atoms with Crippen LogP contribution in [-0.2, 0) is 17.6 Å². The van der Waals surface area contributed by atoms with E-state index in [9.17, 15) is 4.79 Å². The zero-order valence-electron chi connectivity index (χ0n) is 11.4. The second-order valence-electron chi connectivity index (χ2n) is 4.03. The summed E-state index contributed by atoms with van der Waals surface area (Å²) >= 11 is 0. The van der Waals surface area contributed by atoms with E-state index in [1.54, 1.807) is 7.11 Å². The monoisotopic (exact) mass is 250 g/mol. The molecule has 0 fully saturated rings. The van der Waals surface area contributed by atoms with E-state index in [-0.39, 0.29) is 6.03 Å². The summed E-state index contributed by atoms with van der Waals surface area (Å²) < 4.78 is 4.89. The van der Waals surface area contributed by atoms with Crippen molar-refractivity contribution in [2.75, 3.05) is 25.6 Å². The highest BCUT2D eigenvalue weighted by molar-refractivity contribution is 5.91. The second-order valence-corrected chi connectivity index (χ2v) is 4.03. The molecule has 0 unspecified atom stereocenters. The van der Waals surface area contributed by atoms with Gasteiger partial charge in [0.15, 0.2) is 0 Å². The standard InChI is InChI=1S/C14H22N2O2/c1-4-11-7-6-8-12(5-2)13(11)16-14(17)15-9-10-18-3/h6-8H,4-5,9-10H2,1-3H3,(H2,15,16,17). The number of nitrogens with one attached hydrogen (secondary N) is 2. The van der Waals surface area contributed by atoms with Gasteiger partial charge in [-0.1, -0.05) is 32.0 Å². The highest BCUT2D eigenvalue weighted by Gasteiger charge is 2.09. The third-order valence-electron chi connectivity index (χ3n) is 2.83. The molecule has 0 bridgehead atoms. The maximum atomic E-state index is 11.7. The van der Waals surface area contributed by atoms with E-state index in [2.05, 4.69) is 24.5 Å². The van der Waals surface area contributed by atoms with Crippen molar-refractivity contribution < 1.29 is 9.53 Å². The van der Waals surface area contributed by atoms with Crippen molar-refractivity contribution in [2.24, 2.45) is 0 Å². The fraction of sp³-hybridized carbons (Fsp3) is 0.500. The van der Waals surface area contributed by atoms with Crippen molar-refractivity contribution in [3.8, 4) is 0 Å². The predicted octanol–water partition coefficient (Wildman–Crippen LogP) is 2.58. The molecule has 0 aliphatic heterocycles. The van der Waals surface area contributed by atoms with E-state index in [0.717, 1.165) is 29.7 Å². The maximum absolute atomic E-state index is 11.7. The Labute approximate surface area is 109 Å². The Morgan fingerprint density at radius 1 is 1.22 bits per heavy atom. The highest BCUT2D eigenvalue weighted by Crippen LogP contribution is 2.22. The second kappa shape index (κ2) is 7.71. The fourth-order valence-corrected chi connectivity index (χ4v) is 1.83. The molecule has 1 rings (SSSR count). The van der Waals surface area contributed by atoms with Gasteiger partial charge in [0.25, 0.3) is 0 Å². The first kappa shape index (κ1) is 14.5. The number of para-hydroxylation sites is 1. The molecular weight excluding hydrogens is 228 g/mol. The van der Waals surface area contributed by atoms with Crippen molar-refractivity contribution in [3.63, 3.8) is 0 Å². The number of aryl methyl sites for hydroxylation is 2. The van der Waals surface area contributed by atoms with Crippen molar-refractivity contribution in [2.45, 2.75) is 26.7 Å². The number of ether oxygens (including phenoxy) is 1. The van der Waals surface area contributed by atoms with Gasteiger partial charge in [-0.25, -0.2) is 4.79 Å². The van der Waals surface area contributed by atoms with Crippen LogP contribution in [0.5, 0.6) is 0 Å². The number of methoxy groups -OCH3 is 1. The summed E-state index contributed by atoms with van der Waals surface area (Å²) in [5.41, 5.74) is 3.27. The number of anilines is 1. The summed E-state index contributed by atoms with van der Waals surface area (Å²) in [6.07, 6.45) is 1.81. The Kier molecular flexibility index (Phi) is 6.22. The van der Waals surface area contributed by atoms with E-state index < -0.39 is 0 Å². The molecule has 0 radical (unpaired) electrons. The number of urea groups is 1. The van der Waals surface area contributed by atoms with Crippen LogP contribution < -0.4 is 10.6 Å². The molecule has 4 heteroatoms. The lowest BCUT2D eigenvalue weighted by Crippen LogP contribution is -2.32. The Hall–Kier alpha value is -1.55. The molecule has 0 aliphatic rings. The van der Waals surface area contributed by atoms with E-state index in [4.69, 9.17) is 4.74 Å². The number of carbonyl (C=O) groups is 1. The van der Waals surface area contributed by atoms with Crippen LogP contribution in [0.3, 0.4) is 0 Å². The van der Waals surface area contributed by atoms with Crippen LogP contribution in [0.25, 0.3) is 0 Å². The number of carbonyl (C=O) groups excluding carboxylic acids is 1. The predicted molar refractivity (Wildman–Crippen MR) is 74.1 cm³/mol. The minimum atomic E-state index is -0.178. The zero-order valence-corrected chi connectivity index (χ0v) is 11.4. The quantitative estimate of drug-likeness (QED) is 0.762. The van der Waals surface area contributed by atoms with Crippen LogP contribution in [0.1, 0.15) is 25.0 Å². The van der Waals surface area contributed by atoms with Gasteiger partial charge in [-0.05, 0) is 24.0 Å². The third-order valence-corrected chi connectivity index (χ3v) is 2.83. The highest BCUT2D eigenvalue weighted by atomic mass is 16.5. The number of benzene rings is 1. The molecule has 100 valence electrons. The minimum Gasteiger partial charge on any atom is -0.383 e. The summed E-state index contributed by atoms with van der Waals surface area (Å²) in [4.78, 5) is 11.7. The molecule has 2 N–H and O–H groups in total. The lowest BCUT2D eigenvalue weighted by Gasteiger charge is -2.14. The summed E-state index contributed by atoms with van der Waals surface area (Å²) in [6, 6.07) is 5.95. The van der Waals surface area contributed by atoms with Gasteiger partial charge in [0.1, 0.15) is 0 Å². The average Bonchev–Trinajstić information content (AvgIpc) is 2.39. The molecule has 18 heavy (non-hydrogen) atoms. The van der Waals surface area contributed by atoms with E-state index >= 15 is 0 Å². The third kappa shape index (κ3) is 4.04. The number of amides is 2. The summed E-state index contributed by atoms with van der Waals surface area (Å²) in [6.45, 7) is 5.20. The first-order valence-electron chi connectivity index (χ1n) is 6.37. The van der Waals surface area contributed by atoms with Crippen LogP contribution in [0.2, 0.25) is 0 Å². The zero-order chi connectivity index (χ0) is 13.4. The summed E-state index contributed by atoms with van der Waals surface area (Å²) in [7, 11) is 1.61. The molecule has 0 aromatic heterocycles. The molecular formula is C14H22N2O2. The first-order valence-corrected chi connectivity index (χ1v) is 6.37. The van der Waals surface area contributed by atoms with Gasteiger partial charge < -0.3 is 15.4 Å². The van der Waals surface area contributed by atoms with Crippen LogP contribution in [0, 0.1) is 0 Å². The van der Waals surface area contributed by atoms with Crippen LogP contribution in [0.4, 0.5) is 10.5 Å². The Morgan fingerprint density at radius 2 is 1.83 bits per heavy atom. The van der Waals surface area contributed by atoms with Gasteiger partial charge in [0.05, 0.1) is 6.61 Å². The molecule has 4 nitrogen and oxygen atoms in total. The normalized spacial score (nSPS) is 10.2. The van der Waals surface area contributed by atoms with Gasteiger partial charge in [-0.3, -0.25) is 0 Å². The average molecular weight is 250 g/mol. The van der Waals surface area contributed by atoms with Crippen LogP contribution in [0.15, 0.2) is 18.2 Å². The SMILES string of the molecule is CCc1cccc(CC)c1NC(=O)NCCOC. The lowest BCUT2D eigenvalue weighted by molar-refractivity contribution is 0.198. The smallest absolute Gasteiger partial charge is 0.319 e. The van der Waals surface area contributed by atoms with Crippen LogP contribution in [-0.4, -0.2) is 26.3 Å². The molecule has 2 amide bonds. The molecule has 1 aromatic rings. The summed E-state index contributed by atoms with van der Waals surface area (Å²) in [5.74, 6) is 0. The maximum Gasteiger partial charge on any atom is 0.319 e. The van der Waals surface area contributed by atoms with Crippen molar-refractivity contribution in [1.29, 1.82) is 0 Å². The number of hydrogen-bond donors (Lipinski definition) is 2. The van der Waals surface area contributed by atoms with Gasteiger partial charge in [-0.2, -0.15) is 0 Å². The molecule has 0 saturated heterocycles. The fourth-order valence-electron chi connectivity index (χ4n) is 1.83. The molecule has 0 atom stereocenters. The van der Waals surface area contributed by atoms with Gasteiger partial charge >= 0.3 is 6.03 Å². The van der Waals surface area contributed by atoms with E-state index in [1.165, 1.54) is 0 Å². The largest absolute Gasteiger partial charge is 0.383 e. The van der Waals surface area contributed by atoms with Crippen molar-refractivity contribution >= 4 is 11.7 Å². The Balaban J connectivity index is 2.72. The number of hydrogen-bond acceptors (Lipinski definition) is 2. The van der Waals surface area contributed by atoms with Gasteiger partial charge in [-0.15, -0.1) is 0 Å². The molecule has 0 saturated carbocycles. The van der Waals surface area contributed by atoms with Crippen molar-refractivity contribution in [1.82, 2.24) is 5.32 Å².